The van der Waals surface area contributed by atoms with E-state index in [2.05, 4.69) is 60.7 Å². The summed E-state index contributed by atoms with van der Waals surface area (Å²) in [6.07, 6.45) is 1.66. The summed E-state index contributed by atoms with van der Waals surface area (Å²) < 4.78 is 15.1. The van der Waals surface area contributed by atoms with Crippen LogP contribution in [0.15, 0.2) is 173 Å². The lowest BCUT2D eigenvalue weighted by atomic mass is 9.95. The molecule has 0 spiro atoms. The second-order valence-corrected chi connectivity index (χ2v) is 15.1. The number of benzene rings is 7. The minimum Gasteiger partial charge on any atom is -0.456 e. The fourth-order valence-corrected chi connectivity index (χ4v) is 9.21. The molecule has 0 amide bonds. The largest absolute Gasteiger partial charge is 0.456 e. The molecule has 7 nitrogen and oxygen atoms in total. The molecule has 5 aromatic heterocycles. The van der Waals surface area contributed by atoms with Crippen LogP contribution < -0.4 is 0 Å². The van der Waals surface area contributed by atoms with Gasteiger partial charge in [0.2, 0.25) is 0 Å². The Morgan fingerprint density at radius 2 is 1.05 bits per heavy atom. The molecule has 12 rings (SSSR count). The Morgan fingerprint density at radius 1 is 0.421 bits per heavy atom. The predicted octanol–water partition coefficient (Wildman–Crippen LogP) is 13.2. The van der Waals surface area contributed by atoms with Crippen molar-refractivity contribution in [3.63, 3.8) is 0 Å². The lowest BCUT2D eigenvalue weighted by Crippen LogP contribution is -2.01. The fraction of sp³-hybridized carbons (Fsp3) is 0. The van der Waals surface area contributed by atoms with Crippen LogP contribution in [-0.4, -0.2) is 24.9 Å². The summed E-state index contributed by atoms with van der Waals surface area (Å²) in [5.74, 6) is 1.69. The van der Waals surface area contributed by atoms with Crippen LogP contribution in [0, 0.1) is 0 Å². The Hall–Kier alpha value is -7.55. The van der Waals surface area contributed by atoms with Gasteiger partial charge in [-0.2, -0.15) is 0 Å². The first-order valence-corrected chi connectivity index (χ1v) is 19.5. The molecular weight excluding hydrogens is 723 g/mol. The summed E-state index contributed by atoms with van der Waals surface area (Å²) in [4.78, 5) is 25.0. The van der Waals surface area contributed by atoms with Crippen molar-refractivity contribution < 1.29 is 8.83 Å². The van der Waals surface area contributed by atoms with Crippen LogP contribution in [0.4, 0.5) is 0 Å². The molecule has 0 unspecified atom stereocenters. The van der Waals surface area contributed by atoms with Gasteiger partial charge in [-0.25, -0.2) is 24.9 Å². The standard InChI is InChI=1S/C49H27N5O2S/c1-3-11-28(12-4-1)43-46-44(51-27-50-43)35-21-19-30(26-41(35)57-46)42-36(23-22-34-32-15-7-10-18-39(32)56-45(34)42)49-53-47(29-13-5-2-6-14-29)52-48(54-49)31-20-24-40-37(25-31)33-16-8-9-17-38(33)55-40/h1-27H. The molecule has 0 radical (unpaired) electrons. The van der Waals surface area contributed by atoms with E-state index >= 15 is 0 Å². The van der Waals surface area contributed by atoms with Gasteiger partial charge in [0.15, 0.2) is 17.5 Å². The molecule has 0 atom stereocenters. The van der Waals surface area contributed by atoms with E-state index in [1.54, 1.807) is 17.7 Å². The Balaban J connectivity index is 1.11. The van der Waals surface area contributed by atoms with Crippen LogP contribution in [0.25, 0.3) is 121 Å². The average molecular weight is 750 g/mol. The van der Waals surface area contributed by atoms with Crippen LogP contribution in [0.2, 0.25) is 0 Å². The third-order valence-corrected chi connectivity index (χ3v) is 11.8. The summed E-state index contributed by atoms with van der Waals surface area (Å²) in [6.45, 7) is 0. The Labute approximate surface area is 328 Å². The smallest absolute Gasteiger partial charge is 0.164 e. The molecule has 57 heavy (non-hydrogen) atoms. The number of hydrogen-bond acceptors (Lipinski definition) is 8. The molecular formula is C49H27N5O2S. The Morgan fingerprint density at radius 3 is 1.86 bits per heavy atom. The molecule has 0 fully saturated rings. The fourth-order valence-electron chi connectivity index (χ4n) is 8.00. The number of aromatic nitrogens is 5. The number of furan rings is 2. The van der Waals surface area contributed by atoms with E-state index in [0.29, 0.717) is 17.5 Å². The number of thiophene rings is 1. The first-order valence-electron chi connectivity index (χ1n) is 18.6. The molecule has 12 aromatic rings. The monoisotopic (exact) mass is 749 g/mol. The quantitative estimate of drug-likeness (QED) is 0.173. The van der Waals surface area contributed by atoms with E-state index in [9.17, 15) is 0 Å². The molecule has 0 aliphatic rings. The lowest BCUT2D eigenvalue weighted by molar-refractivity contribution is 0.669. The van der Waals surface area contributed by atoms with Gasteiger partial charge in [-0.15, -0.1) is 11.3 Å². The van der Waals surface area contributed by atoms with Gasteiger partial charge in [-0.3, -0.25) is 0 Å². The van der Waals surface area contributed by atoms with Crippen LogP contribution in [0.5, 0.6) is 0 Å². The van der Waals surface area contributed by atoms with Crippen molar-refractivity contribution in [1.82, 2.24) is 24.9 Å². The van der Waals surface area contributed by atoms with Gasteiger partial charge < -0.3 is 8.83 Å². The van der Waals surface area contributed by atoms with E-state index in [4.69, 9.17) is 33.8 Å². The lowest BCUT2D eigenvalue weighted by Gasteiger charge is -2.13. The number of hydrogen-bond donors (Lipinski definition) is 0. The molecule has 266 valence electrons. The summed E-state index contributed by atoms with van der Waals surface area (Å²) in [7, 11) is 0. The minimum atomic E-state index is 0.544. The topological polar surface area (TPSA) is 90.7 Å². The van der Waals surface area contributed by atoms with Crippen LogP contribution in [0.3, 0.4) is 0 Å². The maximum absolute atomic E-state index is 6.76. The van der Waals surface area contributed by atoms with Gasteiger partial charge >= 0.3 is 0 Å². The van der Waals surface area contributed by atoms with Crippen molar-refractivity contribution >= 4 is 75.5 Å². The molecule has 0 N–H and O–H groups in total. The van der Waals surface area contributed by atoms with Crippen LogP contribution in [0.1, 0.15) is 0 Å². The summed E-state index contributed by atoms with van der Waals surface area (Å²) in [5, 5.41) is 5.20. The molecule has 5 heterocycles. The highest BCUT2D eigenvalue weighted by Crippen LogP contribution is 2.45. The van der Waals surface area contributed by atoms with Crippen molar-refractivity contribution in [3.8, 4) is 56.5 Å². The maximum atomic E-state index is 6.76. The molecule has 0 bridgehead atoms. The van der Waals surface area contributed by atoms with Crippen LogP contribution in [-0.2, 0) is 0 Å². The van der Waals surface area contributed by atoms with Crippen molar-refractivity contribution in [2.75, 3.05) is 0 Å². The predicted molar refractivity (Wildman–Crippen MR) is 230 cm³/mol. The van der Waals surface area contributed by atoms with E-state index in [1.807, 2.05) is 97.1 Å². The summed E-state index contributed by atoms with van der Waals surface area (Å²) in [5.41, 5.74) is 10.7. The normalized spacial score (nSPS) is 11.9. The van der Waals surface area contributed by atoms with Crippen molar-refractivity contribution in [2.24, 2.45) is 0 Å². The molecule has 8 heteroatoms. The first-order chi connectivity index (χ1) is 28.2. The minimum absolute atomic E-state index is 0.544. The number of nitrogens with zero attached hydrogens (tertiary/aromatic N) is 5. The SMILES string of the molecule is c1ccc(-c2nc(-c3ccc4oc5ccccc5c4c3)nc(-c3ccc4c(oc5ccccc54)c3-c3ccc4c(c3)sc3c(-c5ccccc5)ncnc34)n2)cc1. The van der Waals surface area contributed by atoms with Gasteiger partial charge in [0.05, 0.1) is 15.9 Å². The number of rotatable bonds is 5. The van der Waals surface area contributed by atoms with Crippen LogP contribution >= 0.6 is 11.3 Å². The maximum Gasteiger partial charge on any atom is 0.164 e. The van der Waals surface area contributed by atoms with E-state index < -0.39 is 0 Å². The second kappa shape index (κ2) is 12.5. The highest BCUT2D eigenvalue weighted by Gasteiger charge is 2.23. The molecule has 0 aliphatic carbocycles. The van der Waals surface area contributed by atoms with Crippen molar-refractivity contribution in [2.45, 2.75) is 0 Å². The molecule has 7 aromatic carbocycles. The van der Waals surface area contributed by atoms with Gasteiger partial charge in [-0.1, -0.05) is 109 Å². The highest BCUT2D eigenvalue weighted by atomic mass is 32.1. The van der Waals surface area contributed by atoms with E-state index in [-0.39, 0.29) is 0 Å². The zero-order valence-corrected chi connectivity index (χ0v) is 30.9. The molecule has 0 saturated heterocycles. The van der Waals surface area contributed by atoms with Gasteiger partial charge in [-0.05, 0) is 54.1 Å². The Kier molecular flexibility index (Phi) is 6.96. The first kappa shape index (κ1) is 31.8. The number of para-hydroxylation sites is 2. The zero-order valence-electron chi connectivity index (χ0n) is 30.0. The number of fused-ring (bicyclic) bond motifs is 9. The van der Waals surface area contributed by atoms with Gasteiger partial charge in [0.1, 0.15) is 28.7 Å². The summed E-state index contributed by atoms with van der Waals surface area (Å²) >= 11 is 1.70. The second-order valence-electron chi connectivity index (χ2n) is 14.0. The van der Waals surface area contributed by atoms with Gasteiger partial charge in [0, 0.05) is 59.4 Å². The molecule has 0 aliphatic heterocycles. The average Bonchev–Trinajstić information content (AvgIpc) is 3.97. The van der Waals surface area contributed by atoms with E-state index in [1.165, 1.54) is 0 Å². The van der Waals surface area contributed by atoms with E-state index in [0.717, 1.165) is 103 Å². The molecule has 0 saturated carbocycles. The third-order valence-electron chi connectivity index (χ3n) is 10.7. The van der Waals surface area contributed by atoms with Gasteiger partial charge in [0.25, 0.3) is 0 Å². The Bertz CT molecular complexity index is 3540. The zero-order chi connectivity index (χ0) is 37.5. The van der Waals surface area contributed by atoms with Crippen molar-refractivity contribution in [3.05, 3.63) is 164 Å². The highest BCUT2D eigenvalue weighted by molar-refractivity contribution is 7.26. The third kappa shape index (κ3) is 5.08. The van der Waals surface area contributed by atoms with Crippen molar-refractivity contribution in [1.29, 1.82) is 0 Å². The summed E-state index contributed by atoms with van der Waals surface area (Å²) in [6, 6.07) is 53.5.